The van der Waals surface area contributed by atoms with E-state index in [0.29, 0.717) is 0 Å². The van der Waals surface area contributed by atoms with Gasteiger partial charge in [-0.3, -0.25) is 4.79 Å². The standard InChI is InChI=1S/C15H23FO2Si/c1-5-19(6-2,7-3)14(15(17)18-4)12-9-8-10-13(16)11-12/h8-11,14H,5-7H2,1-4H3. The van der Waals surface area contributed by atoms with Gasteiger partial charge in [-0.25, -0.2) is 4.39 Å². The molecule has 19 heavy (non-hydrogen) atoms. The van der Waals surface area contributed by atoms with Gasteiger partial charge < -0.3 is 4.74 Å². The van der Waals surface area contributed by atoms with Crippen LogP contribution in [0.4, 0.5) is 4.39 Å². The second-order valence-corrected chi connectivity index (χ2v) is 10.4. The number of rotatable bonds is 6. The molecule has 1 aromatic rings. The zero-order chi connectivity index (χ0) is 14.5. The van der Waals surface area contributed by atoms with E-state index in [1.54, 1.807) is 6.07 Å². The molecule has 0 saturated heterocycles. The molecule has 0 radical (unpaired) electrons. The number of benzene rings is 1. The van der Waals surface area contributed by atoms with Gasteiger partial charge in [0, 0.05) is 0 Å². The Hall–Kier alpha value is -1.16. The third kappa shape index (κ3) is 3.24. The predicted octanol–water partition coefficient (Wildman–Crippen LogP) is 4.13. The molecule has 0 saturated carbocycles. The molecule has 4 heteroatoms. The Morgan fingerprint density at radius 2 is 1.84 bits per heavy atom. The van der Waals surface area contributed by atoms with E-state index in [0.717, 1.165) is 23.7 Å². The van der Waals surface area contributed by atoms with Gasteiger partial charge >= 0.3 is 5.97 Å². The summed E-state index contributed by atoms with van der Waals surface area (Å²) < 4.78 is 18.4. The van der Waals surface area contributed by atoms with Crippen LogP contribution in [-0.2, 0) is 9.53 Å². The Morgan fingerprint density at radius 3 is 2.26 bits per heavy atom. The highest BCUT2D eigenvalue weighted by atomic mass is 28.3. The lowest BCUT2D eigenvalue weighted by Crippen LogP contribution is -2.44. The Morgan fingerprint density at radius 1 is 1.26 bits per heavy atom. The molecule has 106 valence electrons. The van der Waals surface area contributed by atoms with Gasteiger partial charge in [0.15, 0.2) is 0 Å². The van der Waals surface area contributed by atoms with E-state index in [2.05, 4.69) is 20.8 Å². The fraction of sp³-hybridized carbons (Fsp3) is 0.533. The zero-order valence-electron chi connectivity index (χ0n) is 12.2. The molecule has 2 nitrogen and oxygen atoms in total. The first-order chi connectivity index (χ1) is 9.04. The summed E-state index contributed by atoms with van der Waals surface area (Å²) in [4.78, 5) is 12.2. The third-order valence-electron chi connectivity index (χ3n) is 4.34. The van der Waals surface area contributed by atoms with Crippen LogP contribution in [0.1, 0.15) is 31.9 Å². The minimum Gasteiger partial charge on any atom is -0.469 e. The number of hydrogen-bond acceptors (Lipinski definition) is 2. The van der Waals surface area contributed by atoms with Crippen molar-refractivity contribution < 1.29 is 13.9 Å². The van der Waals surface area contributed by atoms with Crippen molar-refractivity contribution in [1.29, 1.82) is 0 Å². The minimum absolute atomic E-state index is 0.220. The summed E-state index contributed by atoms with van der Waals surface area (Å²) in [5.74, 6) is -0.513. The van der Waals surface area contributed by atoms with Crippen molar-refractivity contribution in [2.45, 2.75) is 44.4 Å². The lowest BCUT2D eigenvalue weighted by Gasteiger charge is -2.35. The van der Waals surface area contributed by atoms with Gasteiger partial charge in [-0.15, -0.1) is 0 Å². The smallest absolute Gasteiger partial charge is 0.310 e. The van der Waals surface area contributed by atoms with Crippen LogP contribution in [0.25, 0.3) is 0 Å². The van der Waals surface area contributed by atoms with Crippen molar-refractivity contribution >= 4 is 14.0 Å². The molecule has 0 N–H and O–H groups in total. The van der Waals surface area contributed by atoms with E-state index in [-0.39, 0.29) is 17.3 Å². The van der Waals surface area contributed by atoms with E-state index in [1.165, 1.54) is 19.2 Å². The van der Waals surface area contributed by atoms with E-state index in [4.69, 9.17) is 4.74 Å². The fourth-order valence-corrected chi connectivity index (χ4v) is 7.14. The van der Waals surface area contributed by atoms with Crippen LogP contribution in [0.15, 0.2) is 24.3 Å². The van der Waals surface area contributed by atoms with Crippen LogP contribution in [-0.4, -0.2) is 21.2 Å². The van der Waals surface area contributed by atoms with E-state index in [1.807, 2.05) is 6.07 Å². The van der Waals surface area contributed by atoms with Crippen LogP contribution < -0.4 is 0 Å². The molecule has 0 spiro atoms. The summed E-state index contributed by atoms with van der Waals surface area (Å²) in [5.41, 5.74) is 0.497. The van der Waals surface area contributed by atoms with E-state index >= 15 is 0 Å². The molecular formula is C15H23FO2Si. The summed E-state index contributed by atoms with van der Waals surface area (Å²) in [7, 11) is -0.424. The Labute approximate surface area is 116 Å². The predicted molar refractivity (Wildman–Crippen MR) is 78.4 cm³/mol. The van der Waals surface area contributed by atoms with Crippen molar-refractivity contribution in [1.82, 2.24) is 0 Å². The number of halogens is 1. The number of esters is 1. The molecule has 0 aromatic heterocycles. The molecule has 0 amide bonds. The van der Waals surface area contributed by atoms with Gasteiger partial charge in [-0.1, -0.05) is 51.0 Å². The topological polar surface area (TPSA) is 26.3 Å². The van der Waals surface area contributed by atoms with Crippen molar-refractivity contribution in [3.8, 4) is 0 Å². The largest absolute Gasteiger partial charge is 0.469 e. The summed E-state index contributed by atoms with van der Waals surface area (Å²) in [6.07, 6.45) is 0. The molecule has 0 aliphatic heterocycles. The van der Waals surface area contributed by atoms with Gasteiger partial charge in [0.05, 0.1) is 20.7 Å². The molecule has 1 rings (SSSR count). The highest BCUT2D eigenvalue weighted by Gasteiger charge is 2.42. The van der Waals surface area contributed by atoms with E-state index < -0.39 is 8.07 Å². The van der Waals surface area contributed by atoms with Crippen LogP contribution in [0.2, 0.25) is 18.1 Å². The van der Waals surface area contributed by atoms with Crippen molar-refractivity contribution in [2.24, 2.45) is 0 Å². The number of carbonyl (C=O) groups is 1. The molecular weight excluding hydrogens is 259 g/mol. The number of ether oxygens (including phenoxy) is 1. The SMILES string of the molecule is CC[Si](CC)(CC)C(C(=O)OC)c1cccc(F)c1. The molecule has 0 bridgehead atoms. The zero-order valence-corrected chi connectivity index (χ0v) is 13.2. The molecule has 0 aliphatic carbocycles. The van der Waals surface area contributed by atoms with Gasteiger partial charge in [0.1, 0.15) is 5.82 Å². The van der Waals surface area contributed by atoms with Crippen molar-refractivity contribution in [3.05, 3.63) is 35.6 Å². The Kier molecular flexibility index (Phi) is 5.73. The highest BCUT2D eigenvalue weighted by Crippen LogP contribution is 2.37. The number of carbonyl (C=O) groups excluding carboxylic acids is 1. The van der Waals surface area contributed by atoms with Crippen LogP contribution in [0, 0.1) is 5.82 Å². The number of methoxy groups -OCH3 is 1. The monoisotopic (exact) mass is 282 g/mol. The summed E-state index contributed by atoms with van der Waals surface area (Å²) in [6.45, 7) is 6.40. The van der Waals surface area contributed by atoms with Crippen LogP contribution >= 0.6 is 0 Å². The van der Waals surface area contributed by atoms with Crippen LogP contribution in [0.3, 0.4) is 0 Å². The average molecular weight is 282 g/mol. The molecule has 1 aromatic carbocycles. The second kappa shape index (κ2) is 6.85. The molecule has 1 unspecified atom stereocenters. The summed E-state index contributed by atoms with van der Waals surface area (Å²) in [5, 5.41) is 0. The maximum atomic E-state index is 13.5. The third-order valence-corrected chi connectivity index (χ3v) is 10.4. The molecule has 0 fully saturated rings. The van der Waals surface area contributed by atoms with Crippen molar-refractivity contribution in [3.63, 3.8) is 0 Å². The fourth-order valence-electron chi connectivity index (χ4n) is 2.91. The molecule has 0 aliphatic rings. The molecule has 1 atom stereocenters. The van der Waals surface area contributed by atoms with E-state index in [9.17, 15) is 9.18 Å². The van der Waals surface area contributed by atoms with Crippen molar-refractivity contribution in [2.75, 3.05) is 7.11 Å². The van der Waals surface area contributed by atoms with Gasteiger partial charge in [-0.2, -0.15) is 0 Å². The normalized spacial score (nSPS) is 13.1. The first-order valence-corrected chi connectivity index (χ1v) is 9.57. The summed E-state index contributed by atoms with van der Waals surface area (Å²) >= 11 is 0. The summed E-state index contributed by atoms with van der Waals surface area (Å²) in [6, 6.07) is 9.38. The Bertz CT molecular complexity index is 422. The lowest BCUT2D eigenvalue weighted by atomic mass is 10.1. The maximum Gasteiger partial charge on any atom is 0.310 e. The lowest BCUT2D eigenvalue weighted by molar-refractivity contribution is -0.140. The highest BCUT2D eigenvalue weighted by molar-refractivity contribution is 6.83. The first kappa shape index (κ1) is 15.9. The number of hydrogen-bond donors (Lipinski definition) is 0. The second-order valence-electron chi connectivity index (χ2n) is 4.93. The minimum atomic E-state index is -1.84. The first-order valence-electron chi connectivity index (χ1n) is 6.87. The quantitative estimate of drug-likeness (QED) is 0.579. The van der Waals surface area contributed by atoms with Crippen LogP contribution in [0.5, 0.6) is 0 Å². The molecule has 0 heterocycles. The average Bonchev–Trinajstić information content (AvgIpc) is 2.44. The van der Waals surface area contributed by atoms with Gasteiger partial charge in [0.2, 0.25) is 0 Å². The van der Waals surface area contributed by atoms with Gasteiger partial charge in [-0.05, 0) is 17.7 Å². The Balaban J connectivity index is 3.32. The van der Waals surface area contributed by atoms with Gasteiger partial charge in [0.25, 0.3) is 0 Å². The maximum absolute atomic E-state index is 13.5.